The van der Waals surface area contributed by atoms with Crippen molar-refractivity contribution in [3.05, 3.63) is 58.1 Å². The number of alkyl halides is 3. The summed E-state index contributed by atoms with van der Waals surface area (Å²) >= 11 is 5.89. The SMILES string of the molecule is O=c1c2c[nH]nc2c2ccc(-c3cccc(Cl)n3)cc2n1CC(F)(F)F. The summed E-state index contributed by atoms with van der Waals surface area (Å²) in [6, 6.07) is 9.80. The summed E-state index contributed by atoms with van der Waals surface area (Å²) in [4.78, 5) is 16.7. The zero-order chi connectivity index (χ0) is 18.5. The molecule has 0 amide bonds. The van der Waals surface area contributed by atoms with Crippen LogP contribution in [0.4, 0.5) is 13.2 Å². The van der Waals surface area contributed by atoms with Crippen LogP contribution in [0.25, 0.3) is 33.1 Å². The molecule has 4 rings (SSSR count). The fourth-order valence-electron chi connectivity index (χ4n) is 2.93. The number of pyridine rings is 2. The van der Waals surface area contributed by atoms with E-state index in [1.165, 1.54) is 12.3 Å². The molecule has 0 fully saturated rings. The van der Waals surface area contributed by atoms with Gasteiger partial charge in [-0.05, 0) is 24.3 Å². The number of nitrogens with zero attached hydrogens (tertiary/aromatic N) is 3. The molecule has 0 radical (unpaired) electrons. The molecule has 0 saturated carbocycles. The first-order chi connectivity index (χ1) is 12.3. The third-order valence-corrected chi connectivity index (χ3v) is 4.22. The Hall–Kier alpha value is -2.87. The third kappa shape index (κ3) is 2.82. The van der Waals surface area contributed by atoms with Crippen LogP contribution in [0.5, 0.6) is 0 Å². The molecule has 0 aliphatic heterocycles. The van der Waals surface area contributed by atoms with Crippen molar-refractivity contribution in [3.8, 4) is 11.3 Å². The summed E-state index contributed by atoms with van der Waals surface area (Å²) in [5, 5.41) is 7.36. The predicted octanol–water partition coefficient (Wildman–Crippen LogP) is 4.16. The second kappa shape index (κ2) is 5.84. The molecule has 0 aliphatic rings. The summed E-state index contributed by atoms with van der Waals surface area (Å²) in [7, 11) is 0. The average Bonchev–Trinajstić information content (AvgIpc) is 3.07. The number of aromatic amines is 1. The summed E-state index contributed by atoms with van der Waals surface area (Å²) in [5.41, 5.74) is 0.743. The highest BCUT2D eigenvalue weighted by Gasteiger charge is 2.30. The first-order valence-corrected chi connectivity index (χ1v) is 7.91. The largest absolute Gasteiger partial charge is 0.406 e. The lowest BCUT2D eigenvalue weighted by Gasteiger charge is -2.14. The van der Waals surface area contributed by atoms with E-state index >= 15 is 0 Å². The van der Waals surface area contributed by atoms with Crippen LogP contribution in [0, 0.1) is 0 Å². The Morgan fingerprint density at radius 2 is 1.96 bits per heavy atom. The van der Waals surface area contributed by atoms with Gasteiger partial charge in [0.1, 0.15) is 17.2 Å². The van der Waals surface area contributed by atoms with E-state index in [-0.39, 0.29) is 16.1 Å². The normalized spacial score (nSPS) is 12.2. The molecule has 9 heteroatoms. The van der Waals surface area contributed by atoms with Crippen LogP contribution < -0.4 is 5.56 Å². The lowest BCUT2D eigenvalue weighted by molar-refractivity contribution is -0.140. The van der Waals surface area contributed by atoms with Gasteiger partial charge in [-0.3, -0.25) is 14.5 Å². The molecule has 5 nitrogen and oxygen atoms in total. The fraction of sp³-hybridized carbons (Fsp3) is 0.118. The van der Waals surface area contributed by atoms with Gasteiger partial charge in [0.15, 0.2) is 0 Å². The van der Waals surface area contributed by atoms with Crippen molar-refractivity contribution in [1.29, 1.82) is 0 Å². The number of benzene rings is 1. The topological polar surface area (TPSA) is 63.6 Å². The van der Waals surface area contributed by atoms with E-state index < -0.39 is 18.3 Å². The maximum absolute atomic E-state index is 13.0. The van der Waals surface area contributed by atoms with E-state index in [2.05, 4.69) is 15.2 Å². The van der Waals surface area contributed by atoms with Gasteiger partial charge >= 0.3 is 6.18 Å². The molecule has 1 N–H and O–H groups in total. The van der Waals surface area contributed by atoms with Crippen molar-refractivity contribution in [2.24, 2.45) is 0 Å². The molecule has 1 aromatic carbocycles. The lowest BCUT2D eigenvalue weighted by Crippen LogP contribution is -2.28. The van der Waals surface area contributed by atoms with E-state index in [0.717, 1.165) is 0 Å². The summed E-state index contributed by atoms with van der Waals surface area (Å²) in [6.45, 7) is -1.39. The zero-order valence-electron chi connectivity index (χ0n) is 13.0. The molecule has 0 saturated heterocycles. The molecular weight excluding hydrogens is 369 g/mol. The molecule has 0 atom stereocenters. The van der Waals surface area contributed by atoms with Crippen molar-refractivity contribution in [1.82, 2.24) is 19.7 Å². The molecule has 4 aromatic rings. The zero-order valence-corrected chi connectivity index (χ0v) is 13.8. The van der Waals surface area contributed by atoms with Crippen molar-refractivity contribution in [2.45, 2.75) is 12.7 Å². The van der Waals surface area contributed by atoms with Gasteiger partial charge in [-0.1, -0.05) is 23.7 Å². The van der Waals surface area contributed by atoms with Gasteiger partial charge < -0.3 is 0 Å². The molecule has 3 heterocycles. The smallest absolute Gasteiger partial charge is 0.298 e. The Morgan fingerprint density at radius 3 is 2.69 bits per heavy atom. The standard InChI is InChI=1S/C17H10ClF3N4O/c18-14-3-1-2-12(23-14)9-4-5-10-13(6-9)25(8-17(19,20)21)16(26)11-7-22-24-15(10)11/h1-7H,8H2,(H,22,24). The number of hydrogen-bond donors (Lipinski definition) is 1. The number of rotatable bonds is 2. The minimum atomic E-state index is -4.54. The van der Waals surface area contributed by atoms with Gasteiger partial charge in [-0.15, -0.1) is 0 Å². The Morgan fingerprint density at radius 1 is 1.15 bits per heavy atom. The van der Waals surface area contributed by atoms with Gasteiger partial charge in [0, 0.05) is 17.1 Å². The third-order valence-electron chi connectivity index (χ3n) is 4.01. The maximum atomic E-state index is 13.0. The fourth-order valence-corrected chi connectivity index (χ4v) is 3.10. The molecule has 3 aromatic heterocycles. The van der Waals surface area contributed by atoms with Gasteiger partial charge in [0.25, 0.3) is 5.56 Å². The van der Waals surface area contributed by atoms with E-state index in [0.29, 0.717) is 26.7 Å². The number of H-pyrrole nitrogens is 1. The van der Waals surface area contributed by atoms with E-state index in [4.69, 9.17) is 11.6 Å². The van der Waals surface area contributed by atoms with Gasteiger partial charge in [-0.2, -0.15) is 18.3 Å². The monoisotopic (exact) mass is 378 g/mol. The Kier molecular flexibility index (Phi) is 3.73. The van der Waals surface area contributed by atoms with Crippen LogP contribution in [0.2, 0.25) is 5.15 Å². The second-order valence-electron chi connectivity index (χ2n) is 5.73. The lowest BCUT2D eigenvalue weighted by atomic mass is 10.1. The van der Waals surface area contributed by atoms with E-state index in [1.54, 1.807) is 30.3 Å². The highest BCUT2D eigenvalue weighted by Crippen LogP contribution is 2.28. The van der Waals surface area contributed by atoms with Crippen LogP contribution in [-0.2, 0) is 6.54 Å². The van der Waals surface area contributed by atoms with Crippen LogP contribution >= 0.6 is 11.6 Å². The number of nitrogens with one attached hydrogen (secondary N) is 1. The molecule has 0 aliphatic carbocycles. The molecule has 0 bridgehead atoms. The minimum absolute atomic E-state index is 0.107. The summed E-state index contributed by atoms with van der Waals surface area (Å²) in [5.74, 6) is 0. The maximum Gasteiger partial charge on any atom is 0.406 e. The number of fused-ring (bicyclic) bond motifs is 3. The second-order valence-corrected chi connectivity index (χ2v) is 6.12. The summed E-state index contributed by atoms with van der Waals surface area (Å²) < 4.78 is 39.8. The minimum Gasteiger partial charge on any atom is -0.298 e. The quantitative estimate of drug-likeness (QED) is 0.533. The van der Waals surface area contributed by atoms with Crippen molar-refractivity contribution in [2.75, 3.05) is 0 Å². The van der Waals surface area contributed by atoms with Gasteiger partial charge in [0.05, 0.1) is 16.6 Å². The molecule has 132 valence electrons. The van der Waals surface area contributed by atoms with Crippen LogP contribution in [0.1, 0.15) is 0 Å². The highest BCUT2D eigenvalue weighted by atomic mass is 35.5. The van der Waals surface area contributed by atoms with Crippen molar-refractivity contribution in [3.63, 3.8) is 0 Å². The first kappa shape index (κ1) is 16.6. The number of hydrogen-bond acceptors (Lipinski definition) is 3. The Labute approximate surface area is 149 Å². The number of halogens is 4. The molecule has 0 spiro atoms. The first-order valence-electron chi connectivity index (χ1n) is 7.53. The molecule has 0 unspecified atom stereocenters. The van der Waals surface area contributed by atoms with Crippen LogP contribution in [0.15, 0.2) is 47.4 Å². The molecule has 26 heavy (non-hydrogen) atoms. The van der Waals surface area contributed by atoms with E-state index in [1.807, 2.05) is 0 Å². The van der Waals surface area contributed by atoms with Crippen molar-refractivity contribution < 1.29 is 13.2 Å². The van der Waals surface area contributed by atoms with Crippen molar-refractivity contribution >= 4 is 33.4 Å². The number of aromatic nitrogens is 4. The van der Waals surface area contributed by atoms with Crippen LogP contribution in [0.3, 0.4) is 0 Å². The van der Waals surface area contributed by atoms with Crippen LogP contribution in [-0.4, -0.2) is 25.9 Å². The summed E-state index contributed by atoms with van der Waals surface area (Å²) in [6.07, 6.45) is -3.24. The van der Waals surface area contributed by atoms with E-state index in [9.17, 15) is 18.0 Å². The highest BCUT2D eigenvalue weighted by molar-refractivity contribution is 6.29. The molecular formula is C17H10ClF3N4O. The Balaban J connectivity index is 2.05. The average molecular weight is 379 g/mol. The van der Waals surface area contributed by atoms with Gasteiger partial charge in [-0.25, -0.2) is 4.98 Å². The van der Waals surface area contributed by atoms with Gasteiger partial charge in [0.2, 0.25) is 0 Å². The Bertz CT molecular complexity index is 1200. The predicted molar refractivity (Wildman–Crippen MR) is 92.2 cm³/mol.